The molecule has 4 rings (SSSR count). The van der Waals surface area contributed by atoms with Gasteiger partial charge in [0.15, 0.2) is 11.8 Å². The van der Waals surface area contributed by atoms with Crippen LogP contribution in [0.5, 0.6) is 11.6 Å². The molecule has 0 bridgehead atoms. The zero-order valence-corrected chi connectivity index (χ0v) is 19.3. The second-order valence-corrected chi connectivity index (χ2v) is 7.68. The number of aromatic nitrogens is 3. The zero-order valence-electron chi connectivity index (χ0n) is 19.3. The molecule has 2 aromatic carbocycles. The molecule has 0 radical (unpaired) electrons. The number of nitrogens with zero attached hydrogens (tertiary/aromatic N) is 3. The molecule has 0 spiro atoms. The fourth-order valence-electron chi connectivity index (χ4n) is 3.74. The van der Waals surface area contributed by atoms with Gasteiger partial charge in [-0.25, -0.2) is 4.68 Å². The van der Waals surface area contributed by atoms with Crippen LogP contribution in [0.3, 0.4) is 0 Å². The smallest absolute Gasteiger partial charge is 0.265 e. The summed E-state index contributed by atoms with van der Waals surface area (Å²) < 4.78 is 13.3. The Hall–Kier alpha value is -3.87. The molecule has 4 aromatic rings. The summed E-state index contributed by atoms with van der Waals surface area (Å²) in [5.41, 5.74) is 4.34. The predicted octanol–water partition coefficient (Wildman–Crippen LogP) is 5.23. The van der Waals surface area contributed by atoms with Gasteiger partial charge in [-0.05, 0) is 63.1 Å². The number of ether oxygens (including phenoxy) is 2. The van der Waals surface area contributed by atoms with E-state index in [0.29, 0.717) is 24.7 Å². The highest BCUT2D eigenvalue weighted by atomic mass is 16.5. The molecular formula is C26H28N4O3. The molecule has 0 unspecified atom stereocenters. The monoisotopic (exact) mass is 444 g/mol. The average Bonchev–Trinajstić information content (AvgIpc) is 3.16. The third-order valence-electron chi connectivity index (χ3n) is 5.34. The first-order valence-electron chi connectivity index (χ1n) is 11.1. The van der Waals surface area contributed by atoms with Crippen LogP contribution in [0.2, 0.25) is 0 Å². The number of hydrogen-bond acceptors (Lipinski definition) is 5. The highest BCUT2D eigenvalue weighted by Crippen LogP contribution is 2.33. The SMILES string of the molecule is CCOc1ccc(NC(=O)[C@H](C)Oc2cc(-c3ccccc3)c3c(C)nn(CC)c3n2)cc1. The first-order chi connectivity index (χ1) is 16.0. The average molecular weight is 445 g/mol. The highest BCUT2D eigenvalue weighted by Gasteiger charge is 2.20. The van der Waals surface area contributed by atoms with E-state index in [0.717, 1.165) is 33.6 Å². The van der Waals surface area contributed by atoms with Gasteiger partial charge in [-0.2, -0.15) is 10.1 Å². The molecule has 1 N–H and O–H groups in total. The summed E-state index contributed by atoms with van der Waals surface area (Å²) >= 11 is 0. The van der Waals surface area contributed by atoms with Crippen molar-refractivity contribution in [2.45, 2.75) is 40.3 Å². The topological polar surface area (TPSA) is 78.3 Å². The number of aryl methyl sites for hydroxylation is 2. The van der Waals surface area contributed by atoms with Gasteiger partial charge in [0.1, 0.15) is 5.75 Å². The zero-order chi connectivity index (χ0) is 23.4. The van der Waals surface area contributed by atoms with Crippen molar-refractivity contribution in [1.82, 2.24) is 14.8 Å². The number of rotatable bonds is 8. The first-order valence-corrected chi connectivity index (χ1v) is 11.1. The minimum atomic E-state index is -0.746. The van der Waals surface area contributed by atoms with Crippen LogP contribution in [-0.4, -0.2) is 33.4 Å². The lowest BCUT2D eigenvalue weighted by Gasteiger charge is -2.16. The molecule has 170 valence electrons. The standard InChI is InChI=1S/C26H28N4O3/c1-5-30-25-24(17(3)29-30)22(19-10-8-7-9-11-19)16-23(28-25)33-18(4)26(31)27-20-12-14-21(15-13-20)32-6-2/h7-16,18H,5-6H2,1-4H3,(H,27,31)/t18-/m0/s1. The lowest BCUT2D eigenvalue weighted by atomic mass is 10.0. The van der Waals surface area contributed by atoms with Gasteiger partial charge in [0.2, 0.25) is 5.88 Å². The number of anilines is 1. The predicted molar refractivity (Wildman–Crippen MR) is 130 cm³/mol. The van der Waals surface area contributed by atoms with Crippen molar-refractivity contribution < 1.29 is 14.3 Å². The molecule has 0 aliphatic heterocycles. The van der Waals surface area contributed by atoms with Gasteiger partial charge in [-0.1, -0.05) is 30.3 Å². The molecule has 0 saturated heterocycles. The van der Waals surface area contributed by atoms with Crippen LogP contribution in [0.4, 0.5) is 5.69 Å². The third-order valence-corrected chi connectivity index (χ3v) is 5.34. The second kappa shape index (κ2) is 9.73. The van der Waals surface area contributed by atoms with E-state index >= 15 is 0 Å². The first kappa shape index (κ1) is 22.3. The van der Waals surface area contributed by atoms with E-state index in [1.165, 1.54) is 0 Å². The van der Waals surface area contributed by atoms with Crippen molar-refractivity contribution in [2.75, 3.05) is 11.9 Å². The van der Waals surface area contributed by atoms with Gasteiger partial charge >= 0.3 is 0 Å². The second-order valence-electron chi connectivity index (χ2n) is 7.68. The Labute approximate surface area is 193 Å². The normalized spacial score (nSPS) is 11.9. The van der Waals surface area contributed by atoms with E-state index in [1.807, 2.05) is 74.0 Å². The van der Waals surface area contributed by atoms with Crippen LogP contribution in [0.1, 0.15) is 26.5 Å². The van der Waals surface area contributed by atoms with Crippen LogP contribution in [0, 0.1) is 6.92 Å². The minimum absolute atomic E-state index is 0.262. The molecule has 1 amide bonds. The number of fused-ring (bicyclic) bond motifs is 1. The van der Waals surface area contributed by atoms with Crippen molar-refractivity contribution in [3.05, 3.63) is 66.4 Å². The maximum Gasteiger partial charge on any atom is 0.265 e. The fraction of sp³-hybridized carbons (Fsp3) is 0.269. The maximum absolute atomic E-state index is 12.8. The Bertz CT molecular complexity index is 1250. The summed E-state index contributed by atoms with van der Waals surface area (Å²) in [6, 6.07) is 19.2. The number of pyridine rings is 1. The summed E-state index contributed by atoms with van der Waals surface area (Å²) in [4.78, 5) is 17.5. The van der Waals surface area contributed by atoms with Crippen LogP contribution >= 0.6 is 0 Å². The lowest BCUT2D eigenvalue weighted by Crippen LogP contribution is -2.30. The molecule has 7 nitrogen and oxygen atoms in total. The molecule has 0 saturated carbocycles. The lowest BCUT2D eigenvalue weighted by molar-refractivity contribution is -0.122. The van der Waals surface area contributed by atoms with E-state index in [9.17, 15) is 4.79 Å². The molecule has 7 heteroatoms. The number of amides is 1. The van der Waals surface area contributed by atoms with E-state index in [2.05, 4.69) is 10.4 Å². The number of nitrogens with one attached hydrogen (secondary N) is 1. The van der Waals surface area contributed by atoms with Crippen LogP contribution in [0.25, 0.3) is 22.2 Å². The number of benzene rings is 2. The molecule has 1 atom stereocenters. The van der Waals surface area contributed by atoms with Crippen molar-refractivity contribution >= 4 is 22.6 Å². The molecular weight excluding hydrogens is 416 g/mol. The van der Waals surface area contributed by atoms with Crippen molar-refractivity contribution in [3.8, 4) is 22.8 Å². The van der Waals surface area contributed by atoms with E-state index in [4.69, 9.17) is 14.5 Å². The summed E-state index contributed by atoms with van der Waals surface area (Å²) in [5.74, 6) is 0.876. The number of carbonyl (C=O) groups excluding carboxylic acids is 1. The van der Waals surface area contributed by atoms with Crippen molar-refractivity contribution in [1.29, 1.82) is 0 Å². The molecule has 33 heavy (non-hydrogen) atoms. The van der Waals surface area contributed by atoms with Crippen LogP contribution in [0.15, 0.2) is 60.7 Å². The van der Waals surface area contributed by atoms with Crippen molar-refractivity contribution in [3.63, 3.8) is 0 Å². The minimum Gasteiger partial charge on any atom is -0.494 e. The van der Waals surface area contributed by atoms with Gasteiger partial charge in [0.25, 0.3) is 5.91 Å². The largest absolute Gasteiger partial charge is 0.494 e. The number of carbonyl (C=O) groups is 1. The maximum atomic E-state index is 12.8. The highest BCUT2D eigenvalue weighted by molar-refractivity contribution is 5.96. The van der Waals surface area contributed by atoms with Gasteiger partial charge in [-0.15, -0.1) is 0 Å². The summed E-state index contributed by atoms with van der Waals surface area (Å²) in [6.07, 6.45) is -0.746. The fourth-order valence-corrected chi connectivity index (χ4v) is 3.74. The summed E-state index contributed by atoms with van der Waals surface area (Å²) in [5, 5.41) is 8.50. The Balaban J connectivity index is 1.60. The summed E-state index contributed by atoms with van der Waals surface area (Å²) in [7, 11) is 0. The van der Waals surface area contributed by atoms with E-state index < -0.39 is 6.10 Å². The van der Waals surface area contributed by atoms with Gasteiger partial charge < -0.3 is 14.8 Å². The summed E-state index contributed by atoms with van der Waals surface area (Å²) in [6.45, 7) is 8.92. The van der Waals surface area contributed by atoms with Crippen LogP contribution in [-0.2, 0) is 11.3 Å². The molecule has 2 aromatic heterocycles. The van der Waals surface area contributed by atoms with E-state index in [1.54, 1.807) is 19.1 Å². The third kappa shape index (κ3) is 4.82. The molecule has 0 aliphatic rings. The Morgan fingerprint density at radius 1 is 1.09 bits per heavy atom. The Kier molecular flexibility index (Phi) is 6.58. The quantitative estimate of drug-likeness (QED) is 0.403. The Morgan fingerprint density at radius 3 is 2.48 bits per heavy atom. The van der Waals surface area contributed by atoms with Crippen molar-refractivity contribution in [2.24, 2.45) is 0 Å². The van der Waals surface area contributed by atoms with Gasteiger partial charge in [-0.3, -0.25) is 4.79 Å². The molecule has 0 fully saturated rings. The van der Waals surface area contributed by atoms with Gasteiger partial charge in [0, 0.05) is 18.3 Å². The number of hydrogen-bond donors (Lipinski definition) is 1. The van der Waals surface area contributed by atoms with Gasteiger partial charge in [0.05, 0.1) is 17.7 Å². The van der Waals surface area contributed by atoms with E-state index in [-0.39, 0.29) is 5.91 Å². The van der Waals surface area contributed by atoms with Crippen LogP contribution < -0.4 is 14.8 Å². The molecule has 2 heterocycles. The Morgan fingerprint density at radius 2 is 1.82 bits per heavy atom. The molecule has 0 aliphatic carbocycles.